The van der Waals surface area contributed by atoms with Gasteiger partial charge in [-0.05, 0) is 24.1 Å². The SMILES string of the molecule is CCCCC(c1ccc(F)cc1)S(=O)(=O)Cl. The molecule has 0 saturated heterocycles. The van der Waals surface area contributed by atoms with Crippen LogP contribution >= 0.6 is 10.7 Å². The average molecular weight is 265 g/mol. The average Bonchev–Trinajstić information content (AvgIpc) is 2.19. The normalized spacial score (nSPS) is 13.7. The summed E-state index contributed by atoms with van der Waals surface area (Å²) in [6.45, 7) is 1.97. The minimum atomic E-state index is -3.65. The highest BCUT2D eigenvalue weighted by Crippen LogP contribution is 2.30. The summed E-state index contributed by atoms with van der Waals surface area (Å²) < 4.78 is 35.5. The van der Waals surface area contributed by atoms with Gasteiger partial charge in [0, 0.05) is 10.7 Å². The lowest BCUT2D eigenvalue weighted by atomic mass is 10.1. The number of benzene rings is 1. The minimum absolute atomic E-state index is 0.384. The molecule has 1 aromatic rings. The van der Waals surface area contributed by atoms with E-state index in [9.17, 15) is 12.8 Å². The van der Waals surface area contributed by atoms with E-state index >= 15 is 0 Å². The van der Waals surface area contributed by atoms with Crippen LogP contribution in [0.3, 0.4) is 0 Å². The molecule has 0 amide bonds. The summed E-state index contributed by atoms with van der Waals surface area (Å²) in [6, 6.07) is 5.43. The Balaban J connectivity index is 2.97. The maximum absolute atomic E-state index is 12.7. The molecule has 0 aromatic heterocycles. The Kier molecular flexibility index (Phi) is 4.74. The number of unbranched alkanes of at least 4 members (excludes halogenated alkanes) is 1. The summed E-state index contributed by atoms with van der Waals surface area (Å²) in [5.74, 6) is -0.384. The molecule has 0 heterocycles. The minimum Gasteiger partial charge on any atom is -0.212 e. The summed E-state index contributed by atoms with van der Waals surface area (Å²) in [5.41, 5.74) is 0.546. The van der Waals surface area contributed by atoms with Crippen molar-refractivity contribution in [1.82, 2.24) is 0 Å². The highest BCUT2D eigenvalue weighted by atomic mass is 35.7. The molecule has 2 nitrogen and oxygen atoms in total. The third kappa shape index (κ3) is 3.76. The molecule has 0 N–H and O–H groups in total. The van der Waals surface area contributed by atoms with Gasteiger partial charge < -0.3 is 0 Å². The number of hydrogen-bond acceptors (Lipinski definition) is 2. The van der Waals surface area contributed by atoms with Crippen molar-refractivity contribution in [2.75, 3.05) is 0 Å². The molecule has 0 radical (unpaired) electrons. The standard InChI is InChI=1S/C11H14ClFO2S/c1-2-3-4-11(16(12,14)15)9-5-7-10(13)8-6-9/h5-8,11H,2-4H2,1H3. The molecule has 0 fully saturated rings. The number of rotatable bonds is 5. The van der Waals surface area contributed by atoms with Crippen molar-refractivity contribution in [3.8, 4) is 0 Å². The molecule has 1 unspecified atom stereocenters. The quantitative estimate of drug-likeness (QED) is 0.761. The Morgan fingerprint density at radius 1 is 1.31 bits per heavy atom. The van der Waals surface area contributed by atoms with Crippen LogP contribution in [0.25, 0.3) is 0 Å². The fourth-order valence-electron chi connectivity index (χ4n) is 1.54. The molecule has 1 aromatic carbocycles. The first-order valence-corrected chi connectivity index (χ1v) is 7.51. The second-order valence-corrected chi connectivity index (χ2v) is 6.47. The first kappa shape index (κ1) is 13.5. The van der Waals surface area contributed by atoms with Crippen LogP contribution in [0.15, 0.2) is 24.3 Å². The van der Waals surface area contributed by atoms with Crippen molar-refractivity contribution in [2.45, 2.75) is 31.4 Å². The van der Waals surface area contributed by atoms with E-state index in [2.05, 4.69) is 0 Å². The van der Waals surface area contributed by atoms with Gasteiger partial charge in [0.2, 0.25) is 9.05 Å². The lowest BCUT2D eigenvalue weighted by Gasteiger charge is -2.13. The number of hydrogen-bond donors (Lipinski definition) is 0. The molecular weight excluding hydrogens is 251 g/mol. The van der Waals surface area contributed by atoms with Crippen LogP contribution in [0, 0.1) is 5.82 Å². The van der Waals surface area contributed by atoms with E-state index in [-0.39, 0.29) is 5.82 Å². The van der Waals surface area contributed by atoms with E-state index in [1.54, 1.807) is 0 Å². The second-order valence-electron chi connectivity index (χ2n) is 3.66. The molecule has 16 heavy (non-hydrogen) atoms. The molecule has 0 spiro atoms. The van der Waals surface area contributed by atoms with Gasteiger partial charge in [-0.2, -0.15) is 0 Å². The first-order chi connectivity index (χ1) is 7.45. The summed E-state index contributed by atoms with van der Waals surface area (Å²) in [7, 11) is 1.73. The van der Waals surface area contributed by atoms with E-state index < -0.39 is 14.3 Å². The van der Waals surface area contributed by atoms with E-state index in [4.69, 9.17) is 10.7 Å². The topological polar surface area (TPSA) is 34.1 Å². The van der Waals surface area contributed by atoms with E-state index in [1.807, 2.05) is 6.92 Å². The Hall–Kier alpha value is -0.610. The zero-order valence-electron chi connectivity index (χ0n) is 8.99. The van der Waals surface area contributed by atoms with Crippen molar-refractivity contribution in [3.05, 3.63) is 35.6 Å². The maximum atomic E-state index is 12.7. The third-order valence-corrected chi connectivity index (χ3v) is 4.23. The highest BCUT2D eigenvalue weighted by molar-refractivity contribution is 8.13. The zero-order chi connectivity index (χ0) is 12.2. The van der Waals surface area contributed by atoms with Crippen LogP contribution in [-0.4, -0.2) is 8.42 Å². The van der Waals surface area contributed by atoms with E-state index in [0.717, 1.165) is 12.8 Å². The summed E-state index contributed by atoms with van der Waals surface area (Å²) in [6.07, 6.45) is 2.13. The van der Waals surface area contributed by atoms with Crippen LogP contribution < -0.4 is 0 Å². The summed E-state index contributed by atoms with van der Waals surface area (Å²) >= 11 is 0. The fourth-order valence-corrected chi connectivity index (χ4v) is 3.04. The van der Waals surface area contributed by atoms with Crippen LogP contribution in [0.2, 0.25) is 0 Å². The van der Waals surface area contributed by atoms with Crippen LogP contribution in [-0.2, 0) is 9.05 Å². The molecule has 0 bridgehead atoms. The molecular formula is C11H14ClFO2S. The summed E-state index contributed by atoms with van der Waals surface area (Å²) in [5, 5.41) is -0.741. The maximum Gasteiger partial charge on any atom is 0.239 e. The molecule has 1 atom stereocenters. The van der Waals surface area contributed by atoms with Gasteiger partial charge in [0.05, 0.1) is 0 Å². The fraction of sp³-hybridized carbons (Fsp3) is 0.455. The van der Waals surface area contributed by atoms with E-state index in [0.29, 0.717) is 12.0 Å². The summed E-state index contributed by atoms with van der Waals surface area (Å²) in [4.78, 5) is 0. The van der Waals surface area contributed by atoms with Gasteiger partial charge in [-0.15, -0.1) is 0 Å². The molecule has 0 saturated carbocycles. The van der Waals surface area contributed by atoms with Crippen LogP contribution in [0.4, 0.5) is 4.39 Å². The second kappa shape index (κ2) is 5.64. The monoisotopic (exact) mass is 264 g/mol. The van der Waals surface area contributed by atoms with Gasteiger partial charge in [0.15, 0.2) is 0 Å². The molecule has 0 aliphatic carbocycles. The third-order valence-electron chi connectivity index (χ3n) is 2.40. The van der Waals surface area contributed by atoms with Crippen molar-refractivity contribution in [1.29, 1.82) is 0 Å². The van der Waals surface area contributed by atoms with Gasteiger partial charge >= 0.3 is 0 Å². The van der Waals surface area contributed by atoms with Crippen molar-refractivity contribution in [2.24, 2.45) is 0 Å². The van der Waals surface area contributed by atoms with E-state index in [1.165, 1.54) is 24.3 Å². The molecule has 1 rings (SSSR count). The smallest absolute Gasteiger partial charge is 0.212 e. The molecule has 90 valence electrons. The van der Waals surface area contributed by atoms with Crippen LogP contribution in [0.5, 0.6) is 0 Å². The predicted octanol–water partition coefficient (Wildman–Crippen LogP) is 3.63. The largest absolute Gasteiger partial charge is 0.239 e. The highest BCUT2D eigenvalue weighted by Gasteiger charge is 2.24. The Morgan fingerprint density at radius 2 is 1.88 bits per heavy atom. The Morgan fingerprint density at radius 3 is 2.31 bits per heavy atom. The Bertz CT molecular complexity index is 428. The lowest BCUT2D eigenvalue weighted by Crippen LogP contribution is -2.07. The van der Waals surface area contributed by atoms with Gasteiger partial charge in [-0.3, -0.25) is 0 Å². The van der Waals surface area contributed by atoms with Gasteiger partial charge in [0.25, 0.3) is 0 Å². The van der Waals surface area contributed by atoms with Gasteiger partial charge in [0.1, 0.15) is 11.1 Å². The van der Waals surface area contributed by atoms with Gasteiger partial charge in [-0.25, -0.2) is 12.8 Å². The van der Waals surface area contributed by atoms with Crippen LogP contribution in [0.1, 0.15) is 37.0 Å². The Labute approximate surface area is 99.9 Å². The lowest BCUT2D eigenvalue weighted by molar-refractivity contribution is 0.581. The zero-order valence-corrected chi connectivity index (χ0v) is 10.6. The van der Waals surface area contributed by atoms with Gasteiger partial charge in [-0.1, -0.05) is 31.9 Å². The predicted molar refractivity (Wildman–Crippen MR) is 63.4 cm³/mol. The molecule has 0 aliphatic rings. The van der Waals surface area contributed by atoms with Crippen molar-refractivity contribution >= 4 is 19.7 Å². The molecule has 5 heteroatoms. The number of halogens is 2. The molecule has 0 aliphatic heterocycles. The van der Waals surface area contributed by atoms with Crippen molar-refractivity contribution < 1.29 is 12.8 Å². The first-order valence-electron chi connectivity index (χ1n) is 5.14. The van der Waals surface area contributed by atoms with Crippen molar-refractivity contribution in [3.63, 3.8) is 0 Å².